The van der Waals surface area contributed by atoms with E-state index in [1.165, 1.54) is 4.90 Å². The predicted octanol–water partition coefficient (Wildman–Crippen LogP) is 6.45. The number of alkyl carbamates (subject to hydrolysis) is 1. The van der Waals surface area contributed by atoms with Gasteiger partial charge in [0.05, 0.1) is 31.0 Å². The summed E-state index contributed by atoms with van der Waals surface area (Å²) in [6.07, 6.45) is 9.90. The quantitative estimate of drug-likeness (QED) is 0.280. The van der Waals surface area contributed by atoms with E-state index in [0.29, 0.717) is 61.1 Å². The molecule has 2 aliphatic carbocycles. The first kappa shape index (κ1) is 39.9. The smallest absolute Gasteiger partial charge is 0.407 e. The lowest BCUT2D eigenvalue weighted by Crippen LogP contribution is -2.57. The van der Waals surface area contributed by atoms with Gasteiger partial charge >= 0.3 is 12.1 Å². The lowest BCUT2D eigenvalue weighted by Gasteiger charge is -2.32. The number of cyclic esters (lactones) is 1. The number of amides is 5. The average molecular weight is 816 g/mol. The summed E-state index contributed by atoms with van der Waals surface area (Å²) in [7, 11) is -2.37. The second-order valence-corrected chi connectivity index (χ2v) is 19.3. The van der Waals surface area contributed by atoms with Crippen LogP contribution in [-0.4, -0.2) is 96.9 Å². The van der Waals surface area contributed by atoms with Crippen LogP contribution >= 0.6 is 0 Å². The Hall–Kier alpha value is -4.92. The van der Waals surface area contributed by atoms with Crippen LogP contribution in [-0.2, 0) is 24.3 Å². The Labute approximate surface area is 339 Å². The third-order valence-electron chi connectivity index (χ3n) is 12.2. The van der Waals surface area contributed by atoms with Crippen molar-refractivity contribution in [2.24, 2.45) is 11.3 Å². The molecule has 5 amide bonds. The van der Waals surface area contributed by atoms with Crippen LogP contribution in [0.5, 0.6) is 11.6 Å². The van der Waals surface area contributed by atoms with E-state index in [1.807, 2.05) is 62.4 Å². The minimum Gasteiger partial charge on any atom is -0.496 e. The first-order chi connectivity index (χ1) is 27.8. The number of imide groups is 1. The zero-order chi connectivity index (χ0) is 40.8. The maximum atomic E-state index is 14.9. The first-order valence-electron chi connectivity index (χ1n) is 20.7. The van der Waals surface area contributed by atoms with Gasteiger partial charge in [-0.25, -0.2) is 27.7 Å². The van der Waals surface area contributed by atoms with Gasteiger partial charge in [0, 0.05) is 39.6 Å². The molecule has 2 saturated heterocycles. The van der Waals surface area contributed by atoms with E-state index in [0.717, 1.165) is 53.3 Å². The number of benzene rings is 2. The highest BCUT2D eigenvalue weighted by molar-refractivity contribution is 7.90. The largest absolute Gasteiger partial charge is 0.496 e. The van der Waals surface area contributed by atoms with E-state index < -0.39 is 68.9 Å². The minimum atomic E-state index is -3.98. The van der Waals surface area contributed by atoms with Gasteiger partial charge in [0.2, 0.25) is 21.8 Å². The number of nitrogens with zero attached hydrogens (tertiary/aromatic N) is 3. The van der Waals surface area contributed by atoms with Crippen LogP contribution in [0.1, 0.15) is 96.5 Å². The maximum absolute atomic E-state index is 14.9. The van der Waals surface area contributed by atoms with Gasteiger partial charge in [0.1, 0.15) is 23.9 Å². The summed E-state index contributed by atoms with van der Waals surface area (Å²) in [6, 6.07) is 7.91. The normalized spacial score (nSPS) is 27.6. The first-order valence-corrected chi connectivity index (χ1v) is 22.2. The number of urea groups is 1. The fourth-order valence-electron chi connectivity index (χ4n) is 8.70. The lowest BCUT2D eigenvalue weighted by atomic mass is 9.90. The molecule has 5 aliphatic rings. The van der Waals surface area contributed by atoms with Crippen LogP contribution < -0.4 is 19.5 Å². The number of nitrogens with one attached hydrogen (secondary N) is 2. The van der Waals surface area contributed by atoms with Gasteiger partial charge in [-0.05, 0) is 62.6 Å². The highest BCUT2D eigenvalue weighted by Crippen LogP contribution is 2.43. The summed E-state index contributed by atoms with van der Waals surface area (Å²) in [5.41, 5.74) is 1.00. The number of carbonyl (C=O) groups is 4. The van der Waals surface area contributed by atoms with Gasteiger partial charge < -0.3 is 24.4 Å². The fourth-order valence-corrected chi connectivity index (χ4v) is 9.96. The Balaban J connectivity index is 1.22. The number of para-hydroxylation sites is 1. The second kappa shape index (κ2) is 16.0. The van der Waals surface area contributed by atoms with Gasteiger partial charge in [0.25, 0.3) is 5.91 Å². The summed E-state index contributed by atoms with van der Waals surface area (Å²) in [4.78, 5) is 64.5. The third kappa shape index (κ3) is 8.46. The molecule has 2 N–H and O–H groups in total. The molecular formula is C43H53N5O9S. The van der Waals surface area contributed by atoms with Crippen LogP contribution in [0.15, 0.2) is 42.5 Å². The van der Waals surface area contributed by atoms with Crippen LogP contribution in [0.3, 0.4) is 0 Å². The molecule has 1 unspecified atom stereocenters. The molecule has 0 spiro atoms. The molecule has 4 fully saturated rings. The number of hydrogen-bond acceptors (Lipinski definition) is 10. The monoisotopic (exact) mass is 815 g/mol. The molecule has 8 rings (SSSR count). The average Bonchev–Trinajstić information content (AvgIpc) is 4.13. The molecule has 310 valence electrons. The molecule has 2 aromatic carbocycles. The number of aromatic nitrogens is 1. The molecule has 0 radical (unpaired) electrons. The SMILES string of the molecule is COc1cc2c3cc1/C=C/CC(C)(C)COC(=O)N[C@H]1CCCCCCC[C@H]4CC4N(C(=O)NS(=O)(=O)C4CC4)C(=O)[C@@H]4C[C@H](CN4C1=O)Oc3nc1ccccc12. The Morgan fingerprint density at radius 2 is 1.71 bits per heavy atom. The molecule has 2 saturated carbocycles. The van der Waals surface area contributed by atoms with Crippen LogP contribution in [0.4, 0.5) is 9.59 Å². The standard InChI is InChI=1S/C43H53N5O9S/c1-43(2)19-11-13-27-20-32-31(23-37(27)55-3)30-14-9-10-15-33(30)44-38(32)57-28-22-36-40(50)48(41(51)46-58(53,54)29-17-18-29)35-21-26(35)12-7-5-4-6-8-16-34(39(49)47(36)24-28)45-42(52)56-25-43/h9-11,13-15,20,23,26,28-29,34-36H,4-8,12,16-19,21-22,24-25H2,1-3H3,(H,45,52)(H,46,51)/b13-11+/t26-,28+,34-,35?,36-/m0/s1. The number of methoxy groups -OCH3 is 1. The van der Waals surface area contributed by atoms with E-state index in [9.17, 15) is 27.6 Å². The molecule has 15 heteroatoms. The van der Waals surface area contributed by atoms with Crippen molar-refractivity contribution in [2.45, 2.75) is 120 Å². The van der Waals surface area contributed by atoms with Crippen molar-refractivity contribution in [3.8, 4) is 11.6 Å². The third-order valence-corrected chi connectivity index (χ3v) is 14.0. The van der Waals surface area contributed by atoms with Gasteiger partial charge in [-0.3, -0.25) is 14.5 Å². The van der Waals surface area contributed by atoms with Crippen molar-refractivity contribution in [1.29, 1.82) is 0 Å². The van der Waals surface area contributed by atoms with Gasteiger partial charge in [-0.1, -0.05) is 76.3 Å². The summed E-state index contributed by atoms with van der Waals surface area (Å²) in [5, 5.41) is 4.60. The molecule has 5 bridgehead atoms. The Bertz CT molecular complexity index is 2260. The van der Waals surface area contributed by atoms with Gasteiger partial charge in [-0.2, -0.15) is 0 Å². The number of pyridine rings is 1. The number of rotatable bonds is 3. The number of ether oxygens (including phenoxy) is 3. The molecule has 5 atom stereocenters. The number of fused-ring (bicyclic) bond motifs is 6. The van der Waals surface area contributed by atoms with E-state index in [1.54, 1.807) is 7.11 Å². The number of carbonyl (C=O) groups excluding carboxylic acids is 4. The lowest BCUT2D eigenvalue weighted by molar-refractivity contribution is -0.143. The van der Waals surface area contributed by atoms with Crippen molar-refractivity contribution >= 4 is 61.7 Å². The highest BCUT2D eigenvalue weighted by atomic mass is 32.2. The maximum Gasteiger partial charge on any atom is 0.407 e. The van der Waals surface area contributed by atoms with Gasteiger partial charge in [0.15, 0.2) is 0 Å². The van der Waals surface area contributed by atoms with Crippen molar-refractivity contribution in [3.05, 3.63) is 48.0 Å². The van der Waals surface area contributed by atoms with Crippen LogP contribution in [0.25, 0.3) is 27.8 Å². The summed E-state index contributed by atoms with van der Waals surface area (Å²) in [6.45, 7) is 4.01. The fraction of sp³-hybridized carbons (Fsp3) is 0.558. The van der Waals surface area contributed by atoms with Crippen molar-refractivity contribution in [2.75, 3.05) is 20.3 Å². The molecule has 1 aromatic heterocycles. The predicted molar refractivity (Wildman–Crippen MR) is 218 cm³/mol. The van der Waals surface area contributed by atoms with Crippen LogP contribution in [0.2, 0.25) is 0 Å². The van der Waals surface area contributed by atoms with E-state index in [-0.39, 0.29) is 25.5 Å². The Kier molecular flexibility index (Phi) is 11.0. The van der Waals surface area contributed by atoms with Crippen molar-refractivity contribution in [1.82, 2.24) is 24.8 Å². The Morgan fingerprint density at radius 1 is 0.948 bits per heavy atom. The summed E-state index contributed by atoms with van der Waals surface area (Å²) in [5.74, 6) is -0.186. The minimum absolute atomic E-state index is 0.00534. The van der Waals surface area contributed by atoms with E-state index in [4.69, 9.17) is 19.2 Å². The van der Waals surface area contributed by atoms with Crippen molar-refractivity contribution < 1.29 is 41.8 Å². The van der Waals surface area contributed by atoms with Crippen molar-refractivity contribution in [3.63, 3.8) is 0 Å². The number of allylic oxidation sites excluding steroid dienone is 1. The zero-order valence-electron chi connectivity index (χ0n) is 33.4. The zero-order valence-corrected chi connectivity index (χ0v) is 34.2. The topological polar surface area (TPSA) is 174 Å². The molecule has 3 aromatic rings. The second-order valence-electron chi connectivity index (χ2n) is 17.4. The number of sulfonamides is 1. The molecule has 58 heavy (non-hydrogen) atoms. The van der Waals surface area contributed by atoms with E-state index >= 15 is 0 Å². The summed E-state index contributed by atoms with van der Waals surface area (Å²) < 4.78 is 46.6. The summed E-state index contributed by atoms with van der Waals surface area (Å²) >= 11 is 0. The highest BCUT2D eigenvalue weighted by Gasteiger charge is 2.53. The van der Waals surface area contributed by atoms with Gasteiger partial charge in [-0.15, -0.1) is 0 Å². The Morgan fingerprint density at radius 3 is 2.48 bits per heavy atom. The molecule has 3 aliphatic heterocycles. The van der Waals surface area contributed by atoms with Crippen LogP contribution in [0, 0.1) is 11.3 Å². The number of hydrogen-bond donors (Lipinski definition) is 2. The van der Waals surface area contributed by atoms with E-state index in [2.05, 4.69) is 10.0 Å². The molecular weight excluding hydrogens is 763 g/mol. The molecule has 14 nitrogen and oxygen atoms in total. The molecule has 4 heterocycles.